The van der Waals surface area contributed by atoms with Gasteiger partial charge in [0.15, 0.2) is 0 Å². The fraction of sp³-hybridized carbons (Fsp3) is 0.500. The van der Waals surface area contributed by atoms with Crippen LogP contribution in [0.15, 0.2) is 18.2 Å². The van der Waals surface area contributed by atoms with Gasteiger partial charge in [-0.05, 0) is 31.7 Å². The minimum atomic E-state index is -0.528. The molecule has 0 saturated heterocycles. The van der Waals surface area contributed by atoms with Crippen molar-refractivity contribution in [1.82, 2.24) is 4.90 Å². The van der Waals surface area contributed by atoms with Crippen LogP contribution in [0.25, 0.3) is 0 Å². The van der Waals surface area contributed by atoms with E-state index in [1.54, 1.807) is 26.1 Å². The molecule has 1 amide bonds. The summed E-state index contributed by atoms with van der Waals surface area (Å²) in [5.74, 6) is -0.334. The molecule has 1 rings (SSSR count). The summed E-state index contributed by atoms with van der Waals surface area (Å²) in [6.07, 6.45) is 2.29. The van der Waals surface area contributed by atoms with Gasteiger partial charge < -0.3 is 10.0 Å². The van der Waals surface area contributed by atoms with Gasteiger partial charge in [-0.2, -0.15) is 0 Å². The molecule has 1 aromatic rings. The number of amides is 1. The maximum atomic E-state index is 12.3. The van der Waals surface area contributed by atoms with Crippen LogP contribution in [0, 0.1) is 17.0 Å². The van der Waals surface area contributed by atoms with Crippen LogP contribution in [-0.2, 0) is 0 Å². The zero-order valence-corrected chi connectivity index (χ0v) is 11.8. The highest BCUT2D eigenvalue weighted by Gasteiger charge is 2.24. The lowest BCUT2D eigenvalue weighted by Crippen LogP contribution is -2.29. The fourth-order valence-electron chi connectivity index (χ4n) is 2.01. The van der Waals surface area contributed by atoms with E-state index in [9.17, 15) is 14.9 Å². The van der Waals surface area contributed by atoms with E-state index in [4.69, 9.17) is 5.11 Å². The van der Waals surface area contributed by atoms with Crippen molar-refractivity contribution >= 4 is 11.6 Å². The van der Waals surface area contributed by atoms with Gasteiger partial charge in [0.1, 0.15) is 5.56 Å². The number of unbranched alkanes of at least 4 members (excludes halogenated alkanes) is 2. The lowest BCUT2D eigenvalue weighted by atomic mass is 10.1. The van der Waals surface area contributed by atoms with Gasteiger partial charge in [-0.15, -0.1) is 0 Å². The van der Waals surface area contributed by atoms with Crippen molar-refractivity contribution in [2.24, 2.45) is 0 Å². The Morgan fingerprint density at radius 2 is 2.05 bits per heavy atom. The Hall–Kier alpha value is -1.95. The number of rotatable bonds is 7. The number of nitro groups is 1. The van der Waals surface area contributed by atoms with Crippen molar-refractivity contribution in [1.29, 1.82) is 0 Å². The summed E-state index contributed by atoms with van der Waals surface area (Å²) >= 11 is 0. The zero-order valence-electron chi connectivity index (χ0n) is 11.8. The van der Waals surface area contributed by atoms with Crippen LogP contribution in [0.5, 0.6) is 0 Å². The molecule has 0 aliphatic heterocycles. The SMILES string of the molecule is Cc1cccc([N+](=O)[O-])c1C(=O)N(C)CCCCCO. The number of aliphatic hydroxyl groups is 1. The third kappa shape index (κ3) is 4.03. The molecule has 0 fully saturated rings. The molecule has 1 aromatic carbocycles. The summed E-state index contributed by atoms with van der Waals surface area (Å²) in [6.45, 7) is 2.35. The average Bonchev–Trinajstić information content (AvgIpc) is 2.42. The van der Waals surface area contributed by atoms with Gasteiger partial charge in [0.05, 0.1) is 4.92 Å². The van der Waals surface area contributed by atoms with Crippen molar-refractivity contribution in [2.75, 3.05) is 20.2 Å². The predicted octanol–water partition coefficient (Wildman–Crippen LogP) is 2.14. The Morgan fingerprint density at radius 3 is 2.65 bits per heavy atom. The van der Waals surface area contributed by atoms with E-state index >= 15 is 0 Å². The van der Waals surface area contributed by atoms with Gasteiger partial charge in [0.2, 0.25) is 0 Å². The number of nitro benzene ring substituents is 1. The third-order valence-electron chi connectivity index (χ3n) is 3.16. The summed E-state index contributed by atoms with van der Waals surface area (Å²) in [5, 5.41) is 19.7. The number of benzene rings is 1. The van der Waals surface area contributed by atoms with E-state index < -0.39 is 4.92 Å². The second-order valence-corrected chi connectivity index (χ2v) is 4.74. The molecule has 0 saturated carbocycles. The van der Waals surface area contributed by atoms with Gasteiger partial charge in [-0.3, -0.25) is 14.9 Å². The largest absolute Gasteiger partial charge is 0.396 e. The van der Waals surface area contributed by atoms with Gasteiger partial charge in [0, 0.05) is 26.3 Å². The lowest BCUT2D eigenvalue weighted by molar-refractivity contribution is -0.385. The number of nitrogens with zero attached hydrogens (tertiary/aromatic N) is 2. The van der Waals surface area contributed by atoms with Crippen molar-refractivity contribution < 1.29 is 14.8 Å². The molecule has 20 heavy (non-hydrogen) atoms. The number of hydrogen-bond donors (Lipinski definition) is 1. The van der Waals surface area contributed by atoms with Crippen LogP contribution in [0.2, 0.25) is 0 Å². The first-order chi connectivity index (χ1) is 9.49. The van der Waals surface area contributed by atoms with E-state index in [1.165, 1.54) is 11.0 Å². The molecule has 1 N–H and O–H groups in total. The Labute approximate surface area is 118 Å². The van der Waals surface area contributed by atoms with Crippen molar-refractivity contribution in [3.8, 4) is 0 Å². The Morgan fingerprint density at radius 1 is 1.35 bits per heavy atom. The van der Waals surface area contributed by atoms with Crippen LogP contribution in [0.4, 0.5) is 5.69 Å². The molecule has 0 bridgehead atoms. The van der Waals surface area contributed by atoms with Crippen LogP contribution in [0.1, 0.15) is 35.2 Å². The second-order valence-electron chi connectivity index (χ2n) is 4.74. The Balaban J connectivity index is 2.83. The molecule has 0 aliphatic carbocycles. The van der Waals surface area contributed by atoms with E-state index in [2.05, 4.69) is 0 Å². The minimum absolute atomic E-state index is 0.140. The zero-order chi connectivity index (χ0) is 15.1. The number of aliphatic hydroxyl groups excluding tert-OH is 1. The Kier molecular flexibility index (Phi) is 6.11. The van der Waals surface area contributed by atoms with Gasteiger partial charge >= 0.3 is 0 Å². The Bertz CT molecular complexity index is 488. The summed E-state index contributed by atoms with van der Waals surface area (Å²) < 4.78 is 0. The van der Waals surface area contributed by atoms with Crippen LogP contribution in [-0.4, -0.2) is 41.0 Å². The molecule has 0 atom stereocenters. The highest BCUT2D eigenvalue weighted by Crippen LogP contribution is 2.23. The number of carbonyl (C=O) groups is 1. The first-order valence-electron chi connectivity index (χ1n) is 6.59. The van der Waals surface area contributed by atoms with Crippen LogP contribution < -0.4 is 0 Å². The molecule has 0 spiro atoms. The molecule has 0 aromatic heterocycles. The summed E-state index contributed by atoms with van der Waals surface area (Å²) in [4.78, 5) is 24.3. The molecule has 0 heterocycles. The number of carbonyl (C=O) groups excluding carboxylic acids is 1. The quantitative estimate of drug-likeness (QED) is 0.471. The number of aryl methyl sites for hydroxylation is 1. The molecular formula is C14H20N2O4. The standard InChI is InChI=1S/C14H20N2O4/c1-11-7-6-8-12(16(19)20)13(11)14(18)15(2)9-4-3-5-10-17/h6-8,17H,3-5,9-10H2,1-2H3. The van der Waals surface area contributed by atoms with E-state index in [0.29, 0.717) is 18.5 Å². The first kappa shape index (κ1) is 16.1. The predicted molar refractivity (Wildman–Crippen MR) is 75.7 cm³/mol. The van der Waals surface area contributed by atoms with Gasteiger partial charge in [0.25, 0.3) is 11.6 Å². The molecule has 0 radical (unpaired) electrons. The summed E-state index contributed by atoms with van der Waals surface area (Å²) in [6, 6.07) is 4.62. The minimum Gasteiger partial charge on any atom is -0.396 e. The highest BCUT2D eigenvalue weighted by molar-refractivity contribution is 5.99. The maximum Gasteiger partial charge on any atom is 0.282 e. The topological polar surface area (TPSA) is 83.7 Å². The molecule has 0 unspecified atom stereocenters. The number of hydrogen-bond acceptors (Lipinski definition) is 4. The molecule has 6 heteroatoms. The second kappa shape index (κ2) is 7.59. The molecular weight excluding hydrogens is 260 g/mol. The van der Waals surface area contributed by atoms with E-state index in [0.717, 1.165) is 12.8 Å². The third-order valence-corrected chi connectivity index (χ3v) is 3.16. The highest BCUT2D eigenvalue weighted by atomic mass is 16.6. The monoisotopic (exact) mass is 280 g/mol. The average molecular weight is 280 g/mol. The van der Waals surface area contributed by atoms with Crippen LogP contribution in [0.3, 0.4) is 0 Å². The molecule has 6 nitrogen and oxygen atoms in total. The first-order valence-corrected chi connectivity index (χ1v) is 6.59. The molecule has 0 aliphatic rings. The normalized spacial score (nSPS) is 10.3. The summed E-state index contributed by atoms with van der Waals surface area (Å²) in [7, 11) is 1.64. The fourth-order valence-corrected chi connectivity index (χ4v) is 2.01. The van der Waals surface area contributed by atoms with Crippen molar-refractivity contribution in [3.63, 3.8) is 0 Å². The lowest BCUT2D eigenvalue weighted by Gasteiger charge is -2.18. The van der Waals surface area contributed by atoms with Crippen molar-refractivity contribution in [2.45, 2.75) is 26.2 Å². The smallest absolute Gasteiger partial charge is 0.282 e. The van der Waals surface area contributed by atoms with Gasteiger partial charge in [-0.25, -0.2) is 0 Å². The maximum absolute atomic E-state index is 12.3. The van der Waals surface area contributed by atoms with Crippen LogP contribution >= 0.6 is 0 Å². The van der Waals surface area contributed by atoms with E-state index in [1.807, 2.05) is 0 Å². The molecule has 110 valence electrons. The van der Waals surface area contributed by atoms with Gasteiger partial charge in [-0.1, -0.05) is 12.1 Å². The summed E-state index contributed by atoms with van der Waals surface area (Å²) in [5.41, 5.74) is 0.603. The van der Waals surface area contributed by atoms with Crippen molar-refractivity contribution in [3.05, 3.63) is 39.4 Å². The van der Waals surface area contributed by atoms with E-state index in [-0.39, 0.29) is 23.8 Å².